The van der Waals surface area contributed by atoms with Gasteiger partial charge in [-0.15, -0.1) is 0 Å². The summed E-state index contributed by atoms with van der Waals surface area (Å²) in [6.45, 7) is 0. The van der Waals surface area contributed by atoms with Gasteiger partial charge in [0.05, 0.1) is 5.57 Å². The van der Waals surface area contributed by atoms with E-state index in [-0.39, 0.29) is 22.9 Å². The summed E-state index contributed by atoms with van der Waals surface area (Å²) in [5.74, 6) is 0.0112. The minimum absolute atomic E-state index is 0.0793. The fourth-order valence-corrected chi connectivity index (χ4v) is 1.73. The molecular formula is C13H12O3. The highest BCUT2D eigenvalue weighted by Gasteiger charge is 2.22. The van der Waals surface area contributed by atoms with E-state index in [0.29, 0.717) is 19.3 Å². The third kappa shape index (κ3) is 2.19. The van der Waals surface area contributed by atoms with Gasteiger partial charge in [-0.1, -0.05) is 12.1 Å². The van der Waals surface area contributed by atoms with Crippen LogP contribution in [0.2, 0.25) is 0 Å². The molecule has 0 saturated heterocycles. The number of ketones is 2. The van der Waals surface area contributed by atoms with Crippen molar-refractivity contribution in [3.05, 3.63) is 35.4 Å². The normalized spacial score (nSPS) is 16.4. The lowest BCUT2D eigenvalue weighted by Crippen LogP contribution is -2.18. The molecule has 0 spiro atoms. The van der Waals surface area contributed by atoms with Gasteiger partial charge in [0.1, 0.15) is 5.75 Å². The molecule has 3 heteroatoms. The zero-order chi connectivity index (χ0) is 11.5. The van der Waals surface area contributed by atoms with Crippen LogP contribution in [-0.2, 0) is 9.59 Å². The SMILES string of the molecule is O=C1CCCC(=O)C1=Cc1ccc(O)cc1. The molecule has 82 valence electrons. The Balaban J connectivity index is 2.31. The molecule has 1 saturated carbocycles. The zero-order valence-electron chi connectivity index (χ0n) is 8.77. The monoisotopic (exact) mass is 216 g/mol. The highest BCUT2D eigenvalue weighted by Crippen LogP contribution is 2.20. The first-order valence-corrected chi connectivity index (χ1v) is 5.24. The second-order valence-corrected chi connectivity index (χ2v) is 3.85. The third-order valence-electron chi connectivity index (χ3n) is 2.61. The predicted molar refractivity (Wildman–Crippen MR) is 59.9 cm³/mol. The minimum atomic E-state index is -0.0793. The molecule has 1 N–H and O–H groups in total. The fraction of sp³-hybridized carbons (Fsp3) is 0.231. The largest absolute Gasteiger partial charge is 0.508 e. The number of rotatable bonds is 1. The molecule has 16 heavy (non-hydrogen) atoms. The first-order valence-electron chi connectivity index (χ1n) is 5.24. The van der Waals surface area contributed by atoms with Crippen molar-refractivity contribution < 1.29 is 14.7 Å². The van der Waals surface area contributed by atoms with Crippen LogP contribution in [0.5, 0.6) is 5.75 Å². The van der Waals surface area contributed by atoms with E-state index >= 15 is 0 Å². The van der Waals surface area contributed by atoms with Gasteiger partial charge in [0, 0.05) is 12.8 Å². The summed E-state index contributed by atoms with van der Waals surface area (Å²) in [5, 5.41) is 9.11. The lowest BCUT2D eigenvalue weighted by Gasteiger charge is -2.11. The Bertz CT molecular complexity index is 437. The van der Waals surface area contributed by atoms with Crippen LogP contribution < -0.4 is 0 Å². The van der Waals surface area contributed by atoms with Crippen molar-refractivity contribution in [2.45, 2.75) is 19.3 Å². The molecule has 1 aromatic rings. The van der Waals surface area contributed by atoms with E-state index in [4.69, 9.17) is 5.11 Å². The summed E-state index contributed by atoms with van der Waals surface area (Å²) in [5.41, 5.74) is 1.05. The molecular weight excluding hydrogens is 204 g/mol. The van der Waals surface area contributed by atoms with Crippen molar-refractivity contribution in [3.8, 4) is 5.75 Å². The minimum Gasteiger partial charge on any atom is -0.508 e. The topological polar surface area (TPSA) is 54.4 Å². The lowest BCUT2D eigenvalue weighted by atomic mass is 9.91. The first kappa shape index (κ1) is 10.6. The number of carbonyl (C=O) groups excluding carboxylic acids is 2. The summed E-state index contributed by atoms with van der Waals surface area (Å²) >= 11 is 0. The summed E-state index contributed by atoms with van der Waals surface area (Å²) in [7, 11) is 0. The molecule has 0 unspecified atom stereocenters. The van der Waals surface area contributed by atoms with Gasteiger partial charge in [0.2, 0.25) is 0 Å². The van der Waals surface area contributed by atoms with Crippen LogP contribution in [0.4, 0.5) is 0 Å². The maximum atomic E-state index is 11.5. The smallest absolute Gasteiger partial charge is 0.166 e. The summed E-state index contributed by atoms with van der Waals surface area (Å²) in [4.78, 5) is 23.1. The number of benzene rings is 1. The van der Waals surface area contributed by atoms with Crippen LogP contribution in [-0.4, -0.2) is 16.7 Å². The summed E-state index contributed by atoms with van der Waals surface area (Å²) in [6.07, 6.45) is 3.17. The Morgan fingerprint density at radius 3 is 2.12 bits per heavy atom. The fourth-order valence-electron chi connectivity index (χ4n) is 1.73. The van der Waals surface area contributed by atoms with E-state index in [1.165, 1.54) is 12.1 Å². The molecule has 3 nitrogen and oxygen atoms in total. The Kier molecular flexibility index (Phi) is 2.86. The molecule has 0 amide bonds. The molecule has 0 atom stereocenters. The molecule has 0 aromatic heterocycles. The quantitative estimate of drug-likeness (QED) is 0.577. The van der Waals surface area contributed by atoms with Gasteiger partial charge in [-0.2, -0.15) is 0 Å². The van der Waals surface area contributed by atoms with Gasteiger partial charge in [0.25, 0.3) is 0 Å². The third-order valence-corrected chi connectivity index (χ3v) is 2.61. The molecule has 1 aliphatic carbocycles. The number of phenols is 1. The van der Waals surface area contributed by atoms with Crippen molar-refractivity contribution in [1.29, 1.82) is 0 Å². The highest BCUT2D eigenvalue weighted by molar-refractivity contribution is 6.24. The van der Waals surface area contributed by atoms with Gasteiger partial charge >= 0.3 is 0 Å². The second-order valence-electron chi connectivity index (χ2n) is 3.85. The van der Waals surface area contributed by atoms with Gasteiger partial charge in [-0.3, -0.25) is 9.59 Å². The standard InChI is InChI=1S/C13H12O3/c14-10-6-4-9(5-7-10)8-11-12(15)2-1-3-13(11)16/h4-8,14H,1-3H2. The number of hydrogen-bond acceptors (Lipinski definition) is 3. The zero-order valence-corrected chi connectivity index (χ0v) is 8.77. The van der Waals surface area contributed by atoms with E-state index in [0.717, 1.165) is 5.56 Å². The van der Waals surface area contributed by atoms with Gasteiger partial charge in [-0.25, -0.2) is 0 Å². The Morgan fingerprint density at radius 2 is 1.56 bits per heavy atom. The molecule has 0 aliphatic heterocycles. The van der Waals surface area contributed by atoms with Crippen LogP contribution in [0.15, 0.2) is 29.8 Å². The molecule has 0 radical (unpaired) electrons. The van der Waals surface area contributed by atoms with Crippen molar-refractivity contribution in [2.75, 3.05) is 0 Å². The summed E-state index contributed by atoms with van der Waals surface area (Å²) in [6, 6.07) is 6.42. The molecule has 1 aromatic carbocycles. The Morgan fingerprint density at radius 1 is 1.00 bits per heavy atom. The molecule has 0 heterocycles. The van der Waals surface area contributed by atoms with Crippen LogP contribution >= 0.6 is 0 Å². The number of aromatic hydroxyl groups is 1. The average molecular weight is 216 g/mol. The van der Waals surface area contributed by atoms with Crippen molar-refractivity contribution in [2.24, 2.45) is 0 Å². The Labute approximate surface area is 93.4 Å². The number of Topliss-reactive ketones (excluding diaryl/α,β-unsaturated/α-hetero) is 2. The van der Waals surface area contributed by atoms with Crippen LogP contribution in [0.25, 0.3) is 6.08 Å². The van der Waals surface area contributed by atoms with Crippen LogP contribution in [0.1, 0.15) is 24.8 Å². The van der Waals surface area contributed by atoms with E-state index in [9.17, 15) is 9.59 Å². The molecule has 1 aliphatic rings. The van der Waals surface area contributed by atoms with Crippen LogP contribution in [0, 0.1) is 0 Å². The van der Waals surface area contributed by atoms with Gasteiger partial charge < -0.3 is 5.11 Å². The maximum Gasteiger partial charge on any atom is 0.166 e. The van der Waals surface area contributed by atoms with Crippen molar-refractivity contribution >= 4 is 17.6 Å². The van der Waals surface area contributed by atoms with Crippen molar-refractivity contribution in [3.63, 3.8) is 0 Å². The first-order chi connectivity index (χ1) is 7.66. The molecule has 1 fully saturated rings. The highest BCUT2D eigenvalue weighted by atomic mass is 16.3. The number of allylic oxidation sites excluding steroid dienone is 1. The number of hydrogen-bond donors (Lipinski definition) is 1. The second kappa shape index (κ2) is 4.31. The maximum absolute atomic E-state index is 11.5. The lowest BCUT2D eigenvalue weighted by molar-refractivity contribution is -0.123. The van der Waals surface area contributed by atoms with E-state index in [1.807, 2.05) is 0 Å². The summed E-state index contributed by atoms with van der Waals surface area (Å²) < 4.78 is 0. The predicted octanol–water partition coefficient (Wildman–Crippen LogP) is 2.10. The average Bonchev–Trinajstić information content (AvgIpc) is 2.26. The molecule has 0 bridgehead atoms. The molecule has 2 rings (SSSR count). The van der Waals surface area contributed by atoms with Crippen molar-refractivity contribution in [1.82, 2.24) is 0 Å². The Hall–Kier alpha value is -1.90. The van der Waals surface area contributed by atoms with Gasteiger partial charge in [0.15, 0.2) is 11.6 Å². The number of phenolic OH excluding ortho intramolecular Hbond substituents is 1. The van der Waals surface area contributed by atoms with E-state index in [1.54, 1.807) is 18.2 Å². The number of carbonyl (C=O) groups is 2. The van der Waals surface area contributed by atoms with Gasteiger partial charge in [-0.05, 0) is 30.2 Å². The van der Waals surface area contributed by atoms with E-state index < -0.39 is 0 Å². The van der Waals surface area contributed by atoms with E-state index in [2.05, 4.69) is 0 Å². The van der Waals surface area contributed by atoms with Crippen LogP contribution in [0.3, 0.4) is 0 Å².